The van der Waals surface area contributed by atoms with Crippen LogP contribution in [0.4, 0.5) is 10.5 Å². The molecule has 3 aromatic rings. The Morgan fingerprint density at radius 1 is 1.00 bits per heavy atom. The molecule has 3 rings (SSSR count). The Morgan fingerprint density at radius 2 is 1.69 bits per heavy atom. The maximum Gasteiger partial charge on any atom is 0.412 e. The van der Waals surface area contributed by atoms with E-state index >= 15 is 0 Å². The number of nitrogens with one attached hydrogen (secondary N) is 2. The summed E-state index contributed by atoms with van der Waals surface area (Å²) in [6.45, 7) is 3.40. The Morgan fingerprint density at radius 3 is 2.34 bits per heavy atom. The summed E-state index contributed by atoms with van der Waals surface area (Å²) < 4.78 is 5.89. The average Bonchev–Trinajstić information content (AvgIpc) is 2.86. The van der Waals surface area contributed by atoms with Gasteiger partial charge >= 0.3 is 6.09 Å². The van der Waals surface area contributed by atoms with E-state index < -0.39 is 18.1 Å². The van der Waals surface area contributed by atoms with Crippen LogP contribution in [0.15, 0.2) is 72.8 Å². The molecule has 0 heterocycles. The minimum atomic E-state index is -0.662. The van der Waals surface area contributed by atoms with E-state index in [4.69, 9.17) is 9.94 Å². The second-order valence-electron chi connectivity index (χ2n) is 8.24. The number of fused-ring (bicyclic) bond motifs is 1. The first-order valence-corrected chi connectivity index (χ1v) is 11.2. The van der Waals surface area contributed by atoms with E-state index in [1.807, 2.05) is 25.1 Å². The van der Waals surface area contributed by atoms with Gasteiger partial charge in [-0.15, -0.1) is 0 Å². The largest absolute Gasteiger partial charge is 0.507 e. The number of ether oxygens (including phenoxy) is 1. The van der Waals surface area contributed by atoms with Gasteiger partial charge < -0.3 is 9.84 Å². The number of hydrogen-bond acceptors (Lipinski definition) is 6. The highest BCUT2D eigenvalue weighted by Crippen LogP contribution is 2.37. The van der Waals surface area contributed by atoms with Crippen molar-refractivity contribution in [1.82, 2.24) is 5.48 Å². The van der Waals surface area contributed by atoms with Gasteiger partial charge in [0.2, 0.25) is 0 Å². The number of ketones is 1. The molecule has 8 heteroatoms. The molecule has 35 heavy (non-hydrogen) atoms. The van der Waals surface area contributed by atoms with Crippen LogP contribution in [0.2, 0.25) is 0 Å². The molecule has 0 saturated carbocycles. The van der Waals surface area contributed by atoms with E-state index in [1.54, 1.807) is 54.0 Å². The van der Waals surface area contributed by atoms with Crippen molar-refractivity contribution in [2.75, 3.05) is 5.32 Å². The molecule has 0 fully saturated rings. The van der Waals surface area contributed by atoms with Gasteiger partial charge in [-0.3, -0.25) is 20.1 Å². The average molecular weight is 477 g/mol. The third kappa shape index (κ3) is 6.68. The van der Waals surface area contributed by atoms with Gasteiger partial charge in [0.05, 0.1) is 0 Å². The van der Waals surface area contributed by atoms with Crippen LogP contribution in [0.1, 0.15) is 48.7 Å². The summed E-state index contributed by atoms with van der Waals surface area (Å²) in [5.74, 6) is -0.720. The van der Waals surface area contributed by atoms with Crippen LogP contribution < -0.4 is 10.8 Å². The lowest BCUT2D eigenvalue weighted by Crippen LogP contribution is -2.22. The van der Waals surface area contributed by atoms with Crippen molar-refractivity contribution < 1.29 is 29.4 Å². The van der Waals surface area contributed by atoms with Gasteiger partial charge in [-0.2, -0.15) is 0 Å². The van der Waals surface area contributed by atoms with E-state index in [2.05, 4.69) is 5.32 Å². The molecule has 0 aliphatic heterocycles. The van der Waals surface area contributed by atoms with Crippen LogP contribution in [0.5, 0.6) is 5.75 Å². The van der Waals surface area contributed by atoms with Crippen molar-refractivity contribution in [3.63, 3.8) is 0 Å². The first-order valence-electron chi connectivity index (χ1n) is 11.2. The number of carbonyl (C=O) groups is 3. The molecular formula is C27H28N2O6. The third-order valence-corrected chi connectivity index (χ3v) is 5.70. The summed E-state index contributed by atoms with van der Waals surface area (Å²) in [6, 6.07) is 17.1. The molecule has 2 amide bonds. The van der Waals surface area contributed by atoms with Gasteiger partial charge in [0.25, 0.3) is 5.91 Å². The van der Waals surface area contributed by atoms with Crippen LogP contribution in [0, 0.1) is 5.92 Å². The molecule has 182 valence electrons. The molecule has 2 atom stereocenters. The molecule has 0 spiro atoms. The zero-order chi connectivity index (χ0) is 25.4. The monoisotopic (exact) mass is 476 g/mol. The molecule has 4 N–H and O–H groups in total. The first kappa shape index (κ1) is 25.5. The number of hydroxylamine groups is 1. The minimum absolute atomic E-state index is 0.0715. The zero-order valence-corrected chi connectivity index (χ0v) is 19.5. The van der Waals surface area contributed by atoms with E-state index in [1.165, 1.54) is 13.0 Å². The van der Waals surface area contributed by atoms with Gasteiger partial charge in [0.15, 0.2) is 5.78 Å². The Kier molecular flexibility index (Phi) is 8.58. The molecule has 0 unspecified atom stereocenters. The number of phenolic OH excluding ortho intramolecular Hbond substituents is 1. The fourth-order valence-corrected chi connectivity index (χ4v) is 3.83. The molecule has 0 aliphatic carbocycles. The Hall–Kier alpha value is -4.17. The summed E-state index contributed by atoms with van der Waals surface area (Å²) in [5, 5.41) is 23.0. The number of Topliss-reactive ketones (excluding diaryl/α,β-unsaturated/α-hetero) is 1. The van der Waals surface area contributed by atoms with Crippen molar-refractivity contribution in [1.29, 1.82) is 0 Å². The highest BCUT2D eigenvalue weighted by atomic mass is 16.6. The van der Waals surface area contributed by atoms with Crippen LogP contribution >= 0.6 is 0 Å². The highest BCUT2D eigenvalue weighted by molar-refractivity contribution is 5.95. The van der Waals surface area contributed by atoms with Gasteiger partial charge in [0.1, 0.15) is 11.9 Å². The Bertz CT molecular complexity index is 1240. The lowest BCUT2D eigenvalue weighted by molar-refractivity contribution is -0.124. The standard InChI is InChI=1S/C27H28N2O6/c1-17(7-3-6-10-25(32)29-34)26(23-15-16-24(31)22-9-5-4-8-21(22)23)35-27(33)28-20-13-11-19(12-14-20)18(2)30/h4-6,8-17,26,31,34H,3,7H2,1-2H3,(H,28,33)(H,29,32)/b10-6+/t17-,26+/m0/s1. The quantitative estimate of drug-likeness (QED) is 0.140. The van der Waals surface area contributed by atoms with E-state index in [-0.39, 0.29) is 17.5 Å². The van der Waals surface area contributed by atoms with Crippen molar-refractivity contribution in [2.45, 2.75) is 32.8 Å². The third-order valence-electron chi connectivity index (χ3n) is 5.70. The van der Waals surface area contributed by atoms with Crippen LogP contribution in [-0.2, 0) is 9.53 Å². The van der Waals surface area contributed by atoms with Crippen molar-refractivity contribution in [3.05, 3.63) is 83.9 Å². The number of hydrogen-bond donors (Lipinski definition) is 4. The van der Waals surface area contributed by atoms with Crippen LogP contribution in [0.25, 0.3) is 10.8 Å². The van der Waals surface area contributed by atoms with Crippen molar-refractivity contribution >= 4 is 34.2 Å². The van der Waals surface area contributed by atoms with Crippen molar-refractivity contribution in [2.24, 2.45) is 5.92 Å². The normalized spacial score (nSPS) is 12.8. The fraction of sp³-hybridized carbons (Fsp3) is 0.222. The highest BCUT2D eigenvalue weighted by Gasteiger charge is 2.26. The summed E-state index contributed by atoms with van der Waals surface area (Å²) in [6.07, 6.45) is 2.64. The van der Waals surface area contributed by atoms with Crippen LogP contribution in [0.3, 0.4) is 0 Å². The van der Waals surface area contributed by atoms with Crippen LogP contribution in [-0.4, -0.2) is 28.1 Å². The van der Waals surface area contributed by atoms with E-state index in [0.29, 0.717) is 29.5 Å². The number of rotatable bonds is 9. The number of anilines is 1. The molecule has 0 aromatic heterocycles. The van der Waals surface area contributed by atoms with Crippen molar-refractivity contribution in [3.8, 4) is 5.75 Å². The van der Waals surface area contributed by atoms with Gasteiger partial charge in [0, 0.05) is 28.3 Å². The molecule has 3 aromatic carbocycles. The summed E-state index contributed by atoms with van der Waals surface area (Å²) in [5.41, 5.74) is 3.30. The summed E-state index contributed by atoms with van der Waals surface area (Å²) >= 11 is 0. The number of carbonyl (C=O) groups excluding carboxylic acids is 3. The second-order valence-corrected chi connectivity index (χ2v) is 8.24. The van der Waals surface area contributed by atoms with Gasteiger partial charge in [-0.05, 0) is 61.4 Å². The summed E-state index contributed by atoms with van der Waals surface area (Å²) in [4.78, 5) is 35.5. The number of amides is 2. The number of allylic oxidation sites excluding steroid dienone is 1. The molecule has 0 bridgehead atoms. The molecule has 0 radical (unpaired) electrons. The van der Waals surface area contributed by atoms with E-state index in [9.17, 15) is 19.5 Å². The minimum Gasteiger partial charge on any atom is -0.507 e. The maximum atomic E-state index is 12.8. The predicted octanol–water partition coefficient (Wildman–Crippen LogP) is 5.52. The van der Waals surface area contributed by atoms with Gasteiger partial charge in [-0.25, -0.2) is 10.3 Å². The molecule has 8 nitrogen and oxygen atoms in total. The topological polar surface area (TPSA) is 125 Å². The van der Waals surface area contributed by atoms with Gasteiger partial charge in [-0.1, -0.05) is 43.3 Å². The Labute approximate surface area is 203 Å². The molecule has 0 aliphatic rings. The summed E-state index contributed by atoms with van der Waals surface area (Å²) in [7, 11) is 0. The zero-order valence-electron chi connectivity index (χ0n) is 19.5. The fourth-order valence-electron chi connectivity index (χ4n) is 3.83. The molecule has 0 saturated heterocycles. The Balaban J connectivity index is 1.84. The molecular weight excluding hydrogens is 448 g/mol. The lowest BCUT2D eigenvalue weighted by atomic mass is 9.89. The SMILES string of the molecule is CC(=O)c1ccc(NC(=O)O[C@@H](c2ccc(O)c3ccccc23)[C@@H](C)CC/C=C/C(=O)NO)cc1. The predicted molar refractivity (Wildman–Crippen MR) is 132 cm³/mol. The smallest absolute Gasteiger partial charge is 0.412 e. The van der Waals surface area contributed by atoms with E-state index in [0.717, 1.165) is 10.9 Å². The number of benzene rings is 3. The first-order chi connectivity index (χ1) is 16.8. The number of aromatic hydroxyl groups is 1. The lowest BCUT2D eigenvalue weighted by Gasteiger charge is -2.26. The second kappa shape index (κ2) is 11.8. The number of phenols is 1. The maximum absolute atomic E-state index is 12.8.